The van der Waals surface area contributed by atoms with Gasteiger partial charge in [0.1, 0.15) is 6.61 Å². The van der Waals surface area contributed by atoms with Gasteiger partial charge in [0.15, 0.2) is 5.75 Å². The molecular formula is C12H12Cl2N2O. The molecular weight excluding hydrogens is 259 g/mol. The Labute approximate surface area is 110 Å². The van der Waals surface area contributed by atoms with Crippen molar-refractivity contribution in [2.45, 2.75) is 20.1 Å². The maximum absolute atomic E-state index is 6.04. The van der Waals surface area contributed by atoms with Crippen molar-refractivity contribution >= 4 is 23.2 Å². The van der Waals surface area contributed by atoms with E-state index in [1.807, 2.05) is 13.1 Å². The predicted octanol–water partition coefficient (Wildman–Crippen LogP) is 3.79. The second-order valence-corrected chi connectivity index (χ2v) is 4.40. The van der Waals surface area contributed by atoms with Crippen molar-refractivity contribution < 1.29 is 4.74 Å². The van der Waals surface area contributed by atoms with Crippen molar-refractivity contribution in [2.24, 2.45) is 0 Å². The fraction of sp³-hybridized carbons (Fsp3) is 0.250. The average Bonchev–Trinajstić information content (AvgIpc) is 2.78. The van der Waals surface area contributed by atoms with E-state index in [0.29, 0.717) is 16.7 Å². The van der Waals surface area contributed by atoms with Crippen molar-refractivity contribution in [3.63, 3.8) is 0 Å². The van der Waals surface area contributed by atoms with Crippen molar-refractivity contribution in [3.05, 3.63) is 46.2 Å². The molecule has 17 heavy (non-hydrogen) atoms. The van der Waals surface area contributed by atoms with Crippen LogP contribution in [0.15, 0.2) is 30.6 Å². The van der Waals surface area contributed by atoms with Gasteiger partial charge in [-0.25, -0.2) is 0 Å². The third kappa shape index (κ3) is 3.14. The van der Waals surface area contributed by atoms with Crippen LogP contribution in [0, 0.1) is 0 Å². The lowest BCUT2D eigenvalue weighted by molar-refractivity contribution is 0.306. The van der Waals surface area contributed by atoms with Crippen LogP contribution in [0.3, 0.4) is 0 Å². The van der Waals surface area contributed by atoms with E-state index in [-0.39, 0.29) is 0 Å². The van der Waals surface area contributed by atoms with E-state index in [1.165, 1.54) is 0 Å². The van der Waals surface area contributed by atoms with Gasteiger partial charge in [0.2, 0.25) is 0 Å². The molecule has 0 radical (unpaired) electrons. The second kappa shape index (κ2) is 5.43. The van der Waals surface area contributed by atoms with Gasteiger partial charge in [-0.05, 0) is 25.1 Å². The quantitative estimate of drug-likeness (QED) is 0.845. The van der Waals surface area contributed by atoms with E-state index in [4.69, 9.17) is 27.9 Å². The molecule has 0 bridgehead atoms. The average molecular weight is 271 g/mol. The van der Waals surface area contributed by atoms with Crippen molar-refractivity contribution in [1.29, 1.82) is 0 Å². The molecule has 0 spiro atoms. The molecule has 0 fully saturated rings. The topological polar surface area (TPSA) is 27.1 Å². The van der Waals surface area contributed by atoms with E-state index in [2.05, 4.69) is 5.10 Å². The summed E-state index contributed by atoms with van der Waals surface area (Å²) in [5, 5.41) is 5.42. The van der Waals surface area contributed by atoms with E-state index >= 15 is 0 Å². The van der Waals surface area contributed by atoms with Crippen LogP contribution in [0.4, 0.5) is 0 Å². The first-order valence-corrected chi connectivity index (χ1v) is 6.04. The third-order valence-corrected chi connectivity index (χ3v) is 2.94. The maximum Gasteiger partial charge on any atom is 0.157 e. The van der Waals surface area contributed by atoms with Crippen LogP contribution in [-0.4, -0.2) is 9.78 Å². The zero-order valence-corrected chi connectivity index (χ0v) is 10.9. The number of nitrogens with zero attached hydrogens (tertiary/aromatic N) is 2. The highest BCUT2D eigenvalue weighted by Crippen LogP contribution is 2.22. The summed E-state index contributed by atoms with van der Waals surface area (Å²) in [6.45, 7) is 3.22. The molecule has 0 aliphatic heterocycles. The van der Waals surface area contributed by atoms with Crippen molar-refractivity contribution in [3.8, 4) is 5.75 Å². The minimum atomic E-state index is 0.384. The Kier molecular flexibility index (Phi) is 3.92. The van der Waals surface area contributed by atoms with E-state index in [0.717, 1.165) is 17.9 Å². The lowest BCUT2D eigenvalue weighted by atomic mass is 10.2. The number of hydrogen-bond donors (Lipinski definition) is 0. The Morgan fingerprint density at radius 2 is 2.18 bits per heavy atom. The standard InChI is InChI=1S/C12H12Cl2N2O/c1-2-16-7-11(6-15-16)17-8-9-5-10(13)3-4-12(9)14/h3-7H,2,8H2,1H3. The smallest absolute Gasteiger partial charge is 0.157 e. The predicted molar refractivity (Wildman–Crippen MR) is 68.7 cm³/mol. The molecule has 0 unspecified atom stereocenters. The molecule has 0 atom stereocenters. The highest BCUT2D eigenvalue weighted by atomic mass is 35.5. The van der Waals surface area contributed by atoms with Gasteiger partial charge >= 0.3 is 0 Å². The Morgan fingerprint density at radius 3 is 2.88 bits per heavy atom. The first kappa shape index (κ1) is 12.3. The van der Waals surface area contributed by atoms with Crippen LogP contribution in [0.1, 0.15) is 12.5 Å². The number of benzene rings is 1. The van der Waals surface area contributed by atoms with Gasteiger partial charge in [0.25, 0.3) is 0 Å². The zero-order chi connectivity index (χ0) is 12.3. The highest BCUT2D eigenvalue weighted by Gasteiger charge is 2.04. The summed E-state index contributed by atoms with van der Waals surface area (Å²) in [5.41, 5.74) is 0.864. The number of aromatic nitrogens is 2. The van der Waals surface area contributed by atoms with Crippen LogP contribution in [0.5, 0.6) is 5.75 Å². The van der Waals surface area contributed by atoms with E-state index < -0.39 is 0 Å². The molecule has 0 amide bonds. The van der Waals surface area contributed by atoms with Gasteiger partial charge in [0, 0.05) is 22.2 Å². The van der Waals surface area contributed by atoms with Gasteiger partial charge in [-0.15, -0.1) is 0 Å². The highest BCUT2D eigenvalue weighted by molar-refractivity contribution is 6.33. The fourth-order valence-corrected chi connectivity index (χ4v) is 1.77. The summed E-state index contributed by atoms with van der Waals surface area (Å²) in [6.07, 6.45) is 3.53. The van der Waals surface area contributed by atoms with Gasteiger partial charge < -0.3 is 4.74 Å². The minimum Gasteiger partial charge on any atom is -0.486 e. The third-order valence-electron chi connectivity index (χ3n) is 2.34. The van der Waals surface area contributed by atoms with Crippen LogP contribution in [-0.2, 0) is 13.2 Å². The Morgan fingerprint density at radius 1 is 1.35 bits per heavy atom. The summed E-state index contributed by atoms with van der Waals surface area (Å²) in [7, 11) is 0. The molecule has 2 rings (SSSR count). The number of aryl methyl sites for hydroxylation is 1. The molecule has 2 aromatic rings. The zero-order valence-electron chi connectivity index (χ0n) is 9.36. The molecule has 0 saturated carbocycles. The summed E-state index contributed by atoms with van der Waals surface area (Å²) >= 11 is 11.9. The first-order chi connectivity index (χ1) is 8.19. The molecule has 0 aliphatic rings. The van der Waals surface area contributed by atoms with Crippen molar-refractivity contribution in [2.75, 3.05) is 0 Å². The number of halogens is 2. The SMILES string of the molecule is CCn1cc(OCc2cc(Cl)ccc2Cl)cn1. The van der Waals surface area contributed by atoms with Gasteiger partial charge in [0.05, 0.1) is 12.4 Å². The molecule has 0 saturated heterocycles. The monoisotopic (exact) mass is 270 g/mol. The number of rotatable bonds is 4. The second-order valence-electron chi connectivity index (χ2n) is 3.56. The molecule has 0 aliphatic carbocycles. The fourth-order valence-electron chi connectivity index (χ4n) is 1.41. The summed E-state index contributed by atoms with van der Waals surface area (Å²) in [5.74, 6) is 0.725. The Hall–Kier alpha value is -1.19. The van der Waals surface area contributed by atoms with E-state index in [9.17, 15) is 0 Å². The van der Waals surface area contributed by atoms with Crippen LogP contribution < -0.4 is 4.74 Å². The van der Waals surface area contributed by atoms with Gasteiger partial charge in [-0.1, -0.05) is 23.2 Å². The lowest BCUT2D eigenvalue weighted by Crippen LogP contribution is -1.96. The maximum atomic E-state index is 6.04. The normalized spacial score (nSPS) is 10.5. The summed E-state index contributed by atoms with van der Waals surface area (Å²) in [4.78, 5) is 0. The van der Waals surface area contributed by atoms with Gasteiger partial charge in [-0.3, -0.25) is 4.68 Å². The Bertz CT molecular complexity index is 511. The van der Waals surface area contributed by atoms with Gasteiger partial charge in [-0.2, -0.15) is 5.10 Å². The van der Waals surface area contributed by atoms with Crippen LogP contribution in [0.2, 0.25) is 10.0 Å². The molecule has 90 valence electrons. The number of ether oxygens (including phenoxy) is 1. The van der Waals surface area contributed by atoms with Crippen LogP contribution in [0.25, 0.3) is 0 Å². The molecule has 1 heterocycles. The first-order valence-electron chi connectivity index (χ1n) is 5.28. The molecule has 5 heteroatoms. The largest absolute Gasteiger partial charge is 0.486 e. The Balaban J connectivity index is 2.04. The summed E-state index contributed by atoms with van der Waals surface area (Å²) < 4.78 is 7.38. The summed E-state index contributed by atoms with van der Waals surface area (Å²) in [6, 6.07) is 5.31. The number of hydrogen-bond acceptors (Lipinski definition) is 2. The molecule has 1 aromatic carbocycles. The van der Waals surface area contributed by atoms with Crippen LogP contribution >= 0.6 is 23.2 Å². The minimum absolute atomic E-state index is 0.384. The van der Waals surface area contributed by atoms with E-state index in [1.54, 1.807) is 29.1 Å². The molecule has 3 nitrogen and oxygen atoms in total. The molecule has 0 N–H and O–H groups in total. The molecule has 1 aromatic heterocycles. The lowest BCUT2D eigenvalue weighted by Gasteiger charge is -2.06. The van der Waals surface area contributed by atoms with Crippen molar-refractivity contribution in [1.82, 2.24) is 9.78 Å².